The summed E-state index contributed by atoms with van der Waals surface area (Å²) in [7, 11) is -1.49. The van der Waals surface area contributed by atoms with E-state index in [0.29, 0.717) is 3.62 Å². The summed E-state index contributed by atoms with van der Waals surface area (Å²) in [5, 5.41) is 0. The van der Waals surface area contributed by atoms with Crippen molar-refractivity contribution in [3.63, 3.8) is 0 Å². The Morgan fingerprint density at radius 1 is 0.750 bits per heavy atom. The molecule has 0 N–H and O–H groups in total. The third-order valence-corrected chi connectivity index (χ3v) is 26.2. The molecule has 1 fully saturated rings. The number of rotatable bonds is 12. The van der Waals surface area contributed by atoms with Crippen molar-refractivity contribution >= 4 is 26.7 Å². The summed E-state index contributed by atoms with van der Waals surface area (Å²) >= 11 is -2.35. The van der Waals surface area contributed by atoms with Crippen LogP contribution in [0.4, 0.5) is 0 Å². The molecule has 1 nitrogen and oxygen atoms in total. The molecule has 0 unspecified atom stereocenters. The summed E-state index contributed by atoms with van der Waals surface area (Å²) in [6.07, 6.45) is 15.7. The van der Waals surface area contributed by atoms with Crippen LogP contribution < -0.4 is 0 Å². The van der Waals surface area contributed by atoms with Crippen LogP contribution in [0, 0.1) is 0 Å². The van der Waals surface area contributed by atoms with Gasteiger partial charge < -0.3 is 0 Å². The first kappa shape index (κ1) is 23.0. The fraction of sp³-hybridized carbons (Fsp3) is 1.00. The molecular formula is C21H46OSiSn. The van der Waals surface area contributed by atoms with Gasteiger partial charge in [0.1, 0.15) is 0 Å². The predicted molar refractivity (Wildman–Crippen MR) is 115 cm³/mol. The third-order valence-electron chi connectivity index (χ3n) is 6.16. The Morgan fingerprint density at radius 2 is 1.17 bits per heavy atom. The van der Waals surface area contributed by atoms with E-state index in [-0.39, 0.29) is 0 Å². The molecule has 3 heteroatoms. The fourth-order valence-electron chi connectivity index (χ4n) is 5.05. The Kier molecular flexibility index (Phi) is 10.5. The molecule has 0 spiro atoms. The summed E-state index contributed by atoms with van der Waals surface area (Å²) in [4.78, 5) is 0. The van der Waals surface area contributed by atoms with Crippen molar-refractivity contribution < 1.29 is 4.43 Å². The SMILES string of the molecule is CCC[CH2][Sn]([CH2]CCC)([CH2]CCC)[C]1(O[Si](C)(C)C)CCCCC1. The average molecular weight is 461 g/mol. The second-order valence-corrected chi connectivity index (χ2v) is 28.0. The average Bonchev–Trinajstić information content (AvgIpc) is 2.53. The first-order chi connectivity index (χ1) is 11.3. The number of hydrogen-bond acceptors (Lipinski definition) is 1. The van der Waals surface area contributed by atoms with Crippen LogP contribution >= 0.6 is 0 Å². The molecule has 1 aliphatic rings. The van der Waals surface area contributed by atoms with Crippen LogP contribution in [0.1, 0.15) is 91.4 Å². The number of hydrogen-bond donors (Lipinski definition) is 0. The molecule has 0 aromatic rings. The van der Waals surface area contributed by atoms with Crippen LogP contribution in [0.25, 0.3) is 0 Å². The third kappa shape index (κ3) is 6.61. The van der Waals surface area contributed by atoms with E-state index in [0.717, 1.165) is 0 Å². The summed E-state index contributed by atoms with van der Waals surface area (Å²) in [6, 6.07) is 0. The standard InChI is InChI=1S/C9H19OSi.3C4H9.Sn/c1-11(2,3)10-9-7-5-4-6-8-9;3*1-3-4-2;/h4-8H2,1-3H3;3*1,3-4H2,2H3;. The zero-order valence-corrected chi connectivity index (χ0v) is 21.7. The van der Waals surface area contributed by atoms with Crippen molar-refractivity contribution in [3.05, 3.63) is 0 Å². The summed E-state index contributed by atoms with van der Waals surface area (Å²) in [6.45, 7) is 14.5. The van der Waals surface area contributed by atoms with Crippen molar-refractivity contribution in [3.8, 4) is 0 Å². The Labute approximate surface area is 158 Å². The zero-order valence-electron chi connectivity index (χ0n) is 17.8. The van der Waals surface area contributed by atoms with Gasteiger partial charge in [0.15, 0.2) is 0 Å². The molecule has 1 aliphatic carbocycles. The molecule has 24 heavy (non-hydrogen) atoms. The normalized spacial score (nSPS) is 18.8. The van der Waals surface area contributed by atoms with Gasteiger partial charge >= 0.3 is 159 Å². The molecule has 1 saturated carbocycles. The van der Waals surface area contributed by atoms with Gasteiger partial charge in [-0.25, -0.2) is 0 Å². The van der Waals surface area contributed by atoms with Gasteiger partial charge in [-0.05, 0) is 0 Å². The summed E-state index contributed by atoms with van der Waals surface area (Å²) < 4.78 is 12.5. The topological polar surface area (TPSA) is 9.23 Å². The first-order valence-electron chi connectivity index (χ1n) is 11.0. The molecule has 0 amide bonds. The second-order valence-electron chi connectivity index (χ2n) is 9.36. The maximum atomic E-state index is 7.26. The van der Waals surface area contributed by atoms with E-state index in [4.69, 9.17) is 4.43 Å². The Hall–Kier alpha value is 0.976. The summed E-state index contributed by atoms with van der Waals surface area (Å²) in [5.41, 5.74) is 0. The molecule has 0 aliphatic heterocycles. The van der Waals surface area contributed by atoms with Crippen molar-refractivity contribution in [2.75, 3.05) is 0 Å². The summed E-state index contributed by atoms with van der Waals surface area (Å²) in [5.74, 6) is 0. The van der Waals surface area contributed by atoms with Gasteiger partial charge in [-0.3, -0.25) is 0 Å². The molecule has 144 valence electrons. The second kappa shape index (κ2) is 11.0. The van der Waals surface area contributed by atoms with Crippen LogP contribution in [0.15, 0.2) is 0 Å². The van der Waals surface area contributed by atoms with Crippen molar-refractivity contribution in [1.29, 1.82) is 0 Å². The molecule has 0 aromatic heterocycles. The van der Waals surface area contributed by atoms with Crippen LogP contribution in [-0.4, -0.2) is 30.3 Å². The fourth-order valence-corrected chi connectivity index (χ4v) is 30.0. The maximum absolute atomic E-state index is 7.26. The van der Waals surface area contributed by atoms with Gasteiger partial charge in [0.25, 0.3) is 0 Å². The van der Waals surface area contributed by atoms with Crippen LogP contribution in [0.3, 0.4) is 0 Å². The van der Waals surface area contributed by atoms with Crippen LogP contribution in [0.5, 0.6) is 0 Å². The Morgan fingerprint density at radius 3 is 1.50 bits per heavy atom. The molecule has 0 aromatic carbocycles. The van der Waals surface area contributed by atoms with E-state index in [2.05, 4.69) is 40.4 Å². The first-order valence-corrected chi connectivity index (χ1v) is 21.9. The molecular weight excluding hydrogens is 415 g/mol. The minimum atomic E-state index is -2.35. The molecule has 0 atom stereocenters. The van der Waals surface area contributed by atoms with Gasteiger partial charge in [-0.1, -0.05) is 0 Å². The molecule has 1 rings (SSSR count). The van der Waals surface area contributed by atoms with E-state index in [1.165, 1.54) is 70.6 Å². The van der Waals surface area contributed by atoms with Gasteiger partial charge in [-0.15, -0.1) is 0 Å². The molecule has 0 radical (unpaired) electrons. The van der Waals surface area contributed by atoms with Crippen molar-refractivity contribution in [2.24, 2.45) is 0 Å². The van der Waals surface area contributed by atoms with Crippen molar-refractivity contribution in [1.82, 2.24) is 0 Å². The van der Waals surface area contributed by atoms with E-state index in [1.807, 2.05) is 0 Å². The zero-order chi connectivity index (χ0) is 18.1. The quantitative estimate of drug-likeness (QED) is 0.268. The predicted octanol–water partition coefficient (Wildman–Crippen LogP) is 7.93. The van der Waals surface area contributed by atoms with Gasteiger partial charge in [-0.2, -0.15) is 0 Å². The van der Waals surface area contributed by atoms with E-state index in [9.17, 15) is 0 Å². The van der Waals surface area contributed by atoms with Gasteiger partial charge in [0, 0.05) is 0 Å². The number of unbranched alkanes of at least 4 members (excludes halogenated alkanes) is 3. The monoisotopic (exact) mass is 462 g/mol. The van der Waals surface area contributed by atoms with Gasteiger partial charge in [0.2, 0.25) is 0 Å². The minimum absolute atomic E-state index is 0.400. The van der Waals surface area contributed by atoms with Crippen LogP contribution in [0.2, 0.25) is 33.0 Å². The van der Waals surface area contributed by atoms with E-state index in [1.54, 1.807) is 13.3 Å². The Balaban J connectivity index is 3.22. The molecule has 0 bridgehead atoms. The van der Waals surface area contributed by atoms with Crippen LogP contribution in [-0.2, 0) is 4.43 Å². The molecule has 0 saturated heterocycles. The van der Waals surface area contributed by atoms with E-state index < -0.39 is 26.7 Å². The van der Waals surface area contributed by atoms with E-state index >= 15 is 0 Å². The molecule has 0 heterocycles. The van der Waals surface area contributed by atoms with Crippen molar-refractivity contribution in [2.45, 2.75) is 128 Å². The van der Waals surface area contributed by atoms with Gasteiger partial charge in [0.05, 0.1) is 0 Å². The Bertz CT molecular complexity index is 309.